The van der Waals surface area contributed by atoms with E-state index in [0.29, 0.717) is 0 Å². The van der Waals surface area contributed by atoms with E-state index < -0.39 is 45.5 Å². The van der Waals surface area contributed by atoms with E-state index in [0.717, 1.165) is 12.3 Å². The zero-order valence-electron chi connectivity index (χ0n) is 13.0. The lowest BCUT2D eigenvalue weighted by Crippen LogP contribution is -2.42. The predicted molar refractivity (Wildman–Crippen MR) is 86.1 cm³/mol. The van der Waals surface area contributed by atoms with Crippen molar-refractivity contribution in [3.63, 3.8) is 0 Å². The van der Waals surface area contributed by atoms with Crippen LogP contribution in [0.15, 0.2) is 17.8 Å². The molecular formula is C14H9Cl3F3NO5. The summed E-state index contributed by atoms with van der Waals surface area (Å²) in [5.74, 6) is -4.20. The van der Waals surface area contributed by atoms with Crippen molar-refractivity contribution in [2.24, 2.45) is 0 Å². The SMILES string of the molecule is CC1(C)OC(=O)C(=CNc2c(Cl)cc(OC(F)(F)F)c(Cl)c2Cl)C(=O)O1. The third-order valence-corrected chi connectivity index (χ3v) is 3.98. The number of anilines is 1. The molecule has 1 fully saturated rings. The summed E-state index contributed by atoms with van der Waals surface area (Å²) in [5.41, 5.74) is -0.672. The molecule has 1 heterocycles. The Labute approximate surface area is 159 Å². The van der Waals surface area contributed by atoms with Crippen molar-refractivity contribution in [1.82, 2.24) is 0 Å². The summed E-state index contributed by atoms with van der Waals surface area (Å²) < 4.78 is 50.5. The number of carbonyl (C=O) groups excluding carboxylic acids is 2. The fourth-order valence-corrected chi connectivity index (χ4v) is 2.56. The van der Waals surface area contributed by atoms with E-state index in [9.17, 15) is 22.8 Å². The minimum atomic E-state index is -5.00. The van der Waals surface area contributed by atoms with Crippen LogP contribution in [0.5, 0.6) is 5.75 Å². The molecule has 0 bridgehead atoms. The summed E-state index contributed by atoms with van der Waals surface area (Å²) in [6.45, 7) is 2.72. The lowest BCUT2D eigenvalue weighted by molar-refractivity contribution is -0.274. The number of halogens is 6. The molecule has 6 nitrogen and oxygen atoms in total. The van der Waals surface area contributed by atoms with Crippen LogP contribution in [-0.2, 0) is 19.1 Å². The Morgan fingerprint density at radius 3 is 2.15 bits per heavy atom. The molecule has 1 N–H and O–H groups in total. The Morgan fingerprint density at radius 2 is 1.65 bits per heavy atom. The van der Waals surface area contributed by atoms with Gasteiger partial charge in [-0.05, 0) is 0 Å². The Kier molecular flexibility index (Phi) is 5.55. The lowest BCUT2D eigenvalue weighted by Gasteiger charge is -2.29. The average Bonchev–Trinajstić information content (AvgIpc) is 2.44. The molecule has 0 unspecified atom stereocenters. The summed E-state index contributed by atoms with van der Waals surface area (Å²) in [6, 6.07) is 0.769. The van der Waals surface area contributed by atoms with Gasteiger partial charge in [0.25, 0.3) is 5.79 Å². The van der Waals surface area contributed by atoms with Gasteiger partial charge in [-0.25, -0.2) is 9.59 Å². The van der Waals surface area contributed by atoms with Crippen LogP contribution in [0.25, 0.3) is 0 Å². The number of alkyl halides is 3. The molecule has 0 amide bonds. The summed E-state index contributed by atoms with van der Waals surface area (Å²) >= 11 is 17.5. The van der Waals surface area contributed by atoms with Gasteiger partial charge in [0.15, 0.2) is 11.3 Å². The van der Waals surface area contributed by atoms with Gasteiger partial charge in [-0.2, -0.15) is 0 Å². The normalized spacial score (nSPS) is 16.7. The van der Waals surface area contributed by atoms with Crippen LogP contribution in [0.1, 0.15) is 13.8 Å². The highest BCUT2D eigenvalue weighted by atomic mass is 35.5. The molecule has 1 aliphatic heterocycles. The smallest absolute Gasteiger partial charge is 0.419 e. The summed E-state index contributed by atoms with van der Waals surface area (Å²) in [5, 5.41) is 1.11. The fraction of sp³-hybridized carbons (Fsp3) is 0.286. The van der Waals surface area contributed by atoms with Crippen LogP contribution in [0.3, 0.4) is 0 Å². The van der Waals surface area contributed by atoms with Gasteiger partial charge in [-0.1, -0.05) is 34.8 Å². The molecule has 0 spiro atoms. The van der Waals surface area contributed by atoms with E-state index in [1.165, 1.54) is 13.8 Å². The number of benzene rings is 1. The molecule has 1 aromatic carbocycles. The zero-order valence-corrected chi connectivity index (χ0v) is 15.2. The van der Waals surface area contributed by atoms with Crippen LogP contribution < -0.4 is 10.1 Å². The number of rotatable bonds is 3. The maximum Gasteiger partial charge on any atom is 0.573 e. The van der Waals surface area contributed by atoms with Crippen molar-refractivity contribution in [3.05, 3.63) is 32.9 Å². The van der Waals surface area contributed by atoms with Crippen molar-refractivity contribution < 1.29 is 37.0 Å². The summed E-state index contributed by atoms with van der Waals surface area (Å²) in [7, 11) is 0. The van der Waals surface area contributed by atoms with E-state index in [2.05, 4.69) is 10.1 Å². The minimum absolute atomic E-state index is 0.161. The van der Waals surface area contributed by atoms with E-state index in [1.807, 2.05) is 0 Å². The molecule has 0 radical (unpaired) electrons. The van der Waals surface area contributed by atoms with Crippen molar-refractivity contribution >= 4 is 52.4 Å². The number of carbonyl (C=O) groups is 2. The quantitative estimate of drug-likeness (QED) is 0.322. The van der Waals surface area contributed by atoms with Crippen LogP contribution in [0.2, 0.25) is 15.1 Å². The zero-order chi connectivity index (χ0) is 19.9. The second-order valence-electron chi connectivity index (χ2n) is 5.29. The molecule has 2 rings (SSSR count). The molecule has 0 aromatic heterocycles. The van der Waals surface area contributed by atoms with Crippen LogP contribution in [0, 0.1) is 0 Å². The van der Waals surface area contributed by atoms with Crippen molar-refractivity contribution in [2.75, 3.05) is 5.32 Å². The first-order valence-electron chi connectivity index (χ1n) is 6.67. The first-order valence-corrected chi connectivity index (χ1v) is 7.81. The summed E-state index contributed by atoms with van der Waals surface area (Å²) in [4.78, 5) is 23.6. The molecular weight excluding hydrogens is 426 g/mol. The fourth-order valence-electron chi connectivity index (χ4n) is 1.83. The number of cyclic esters (lactones) is 2. The molecule has 0 saturated carbocycles. The number of nitrogens with one attached hydrogen (secondary N) is 1. The van der Waals surface area contributed by atoms with Crippen LogP contribution >= 0.6 is 34.8 Å². The molecule has 26 heavy (non-hydrogen) atoms. The number of hydrogen-bond donors (Lipinski definition) is 1. The van der Waals surface area contributed by atoms with Crippen molar-refractivity contribution in [3.8, 4) is 5.75 Å². The Bertz CT molecular complexity index is 786. The highest BCUT2D eigenvalue weighted by molar-refractivity contribution is 6.47. The van der Waals surface area contributed by atoms with Crippen LogP contribution in [0.4, 0.5) is 18.9 Å². The largest absolute Gasteiger partial charge is 0.573 e. The van der Waals surface area contributed by atoms with Crippen molar-refractivity contribution in [2.45, 2.75) is 26.0 Å². The standard InChI is InChI=1S/C14H9Cl3F3NO5/c1-13(2)25-11(22)5(12(23)26-13)4-21-10-6(15)3-7(8(16)9(10)17)24-14(18,19)20/h3-4,21H,1-2H3. The molecule has 0 aliphatic carbocycles. The van der Waals surface area contributed by atoms with Gasteiger partial charge in [0.2, 0.25) is 0 Å². The molecule has 1 aromatic rings. The molecule has 1 aliphatic rings. The number of ether oxygens (including phenoxy) is 3. The van der Waals surface area contributed by atoms with E-state index >= 15 is 0 Å². The monoisotopic (exact) mass is 433 g/mol. The average molecular weight is 435 g/mol. The van der Waals surface area contributed by atoms with Gasteiger partial charge in [0.1, 0.15) is 5.02 Å². The summed E-state index contributed by atoms with van der Waals surface area (Å²) in [6.07, 6.45) is -4.12. The Balaban J connectivity index is 2.32. The lowest BCUT2D eigenvalue weighted by atomic mass is 10.2. The first kappa shape index (κ1) is 20.5. The molecule has 1 saturated heterocycles. The maximum absolute atomic E-state index is 12.3. The highest BCUT2D eigenvalue weighted by Crippen LogP contribution is 2.44. The molecule has 142 valence electrons. The Morgan fingerprint density at radius 1 is 1.12 bits per heavy atom. The van der Waals surface area contributed by atoms with Gasteiger partial charge in [-0.15, -0.1) is 13.2 Å². The topological polar surface area (TPSA) is 73.9 Å². The Hall–Kier alpha value is -1.84. The number of esters is 2. The predicted octanol–water partition coefficient (Wildman–Crippen LogP) is 4.68. The third-order valence-electron chi connectivity index (χ3n) is 2.83. The van der Waals surface area contributed by atoms with Gasteiger partial charge >= 0.3 is 18.3 Å². The van der Waals surface area contributed by atoms with Gasteiger partial charge in [0.05, 0.1) is 15.7 Å². The second kappa shape index (κ2) is 7.05. The highest BCUT2D eigenvalue weighted by Gasteiger charge is 2.39. The van der Waals surface area contributed by atoms with E-state index in [-0.39, 0.29) is 10.7 Å². The molecule has 0 atom stereocenters. The number of hydrogen-bond acceptors (Lipinski definition) is 6. The maximum atomic E-state index is 12.3. The molecule has 12 heteroatoms. The van der Waals surface area contributed by atoms with E-state index in [4.69, 9.17) is 44.3 Å². The van der Waals surface area contributed by atoms with E-state index in [1.54, 1.807) is 0 Å². The second-order valence-corrected chi connectivity index (χ2v) is 6.45. The van der Waals surface area contributed by atoms with Crippen LogP contribution in [-0.4, -0.2) is 24.1 Å². The minimum Gasteiger partial charge on any atom is -0.419 e. The van der Waals surface area contributed by atoms with Crippen molar-refractivity contribution in [1.29, 1.82) is 0 Å². The van der Waals surface area contributed by atoms with Gasteiger partial charge in [0, 0.05) is 26.1 Å². The first-order chi connectivity index (χ1) is 11.8. The van der Waals surface area contributed by atoms with Gasteiger partial charge < -0.3 is 19.5 Å². The third kappa shape index (κ3) is 4.66. The van der Waals surface area contributed by atoms with Gasteiger partial charge in [-0.3, -0.25) is 0 Å².